The van der Waals surface area contributed by atoms with Gasteiger partial charge in [0.1, 0.15) is 11.4 Å². The number of amidine groups is 1. The first-order valence-electron chi connectivity index (χ1n) is 5.33. The molecule has 1 saturated carbocycles. The molecule has 14 heavy (non-hydrogen) atoms. The van der Waals surface area contributed by atoms with Crippen LogP contribution in [0.5, 0.6) is 0 Å². The zero-order valence-corrected chi connectivity index (χ0v) is 9.76. The van der Waals surface area contributed by atoms with Crippen LogP contribution in [0.25, 0.3) is 0 Å². The summed E-state index contributed by atoms with van der Waals surface area (Å²) in [6, 6.07) is 0. The van der Waals surface area contributed by atoms with E-state index < -0.39 is 0 Å². The molecule has 1 fully saturated rings. The quantitative estimate of drug-likeness (QED) is 0.545. The molecule has 2 atom stereocenters. The van der Waals surface area contributed by atoms with E-state index in [1.54, 1.807) is 7.11 Å². The van der Waals surface area contributed by atoms with E-state index in [-0.39, 0.29) is 5.60 Å². The predicted molar refractivity (Wildman–Crippen MR) is 58.8 cm³/mol. The average Bonchev–Trinajstić information content (AvgIpc) is 2.16. The molecule has 3 nitrogen and oxygen atoms in total. The second kappa shape index (κ2) is 4.30. The SMILES string of the molecule is COC1(C(=N)N(C)C)CCCC(C)C1. The monoisotopic (exact) mass is 198 g/mol. The van der Waals surface area contributed by atoms with E-state index in [4.69, 9.17) is 10.1 Å². The number of methoxy groups -OCH3 is 1. The molecule has 1 rings (SSSR count). The molecule has 0 spiro atoms. The Bertz CT molecular complexity index is 215. The summed E-state index contributed by atoms with van der Waals surface area (Å²) in [4.78, 5) is 1.86. The number of rotatable bonds is 2. The Kier molecular flexibility index (Phi) is 3.53. The summed E-state index contributed by atoms with van der Waals surface area (Å²) in [5, 5.41) is 8.08. The van der Waals surface area contributed by atoms with Crippen LogP contribution in [0, 0.1) is 11.3 Å². The first-order valence-corrected chi connectivity index (χ1v) is 5.33. The molecular formula is C11H22N2O. The van der Waals surface area contributed by atoms with Gasteiger partial charge in [-0.05, 0) is 25.2 Å². The van der Waals surface area contributed by atoms with Crippen molar-refractivity contribution in [3.63, 3.8) is 0 Å². The highest BCUT2D eigenvalue weighted by atomic mass is 16.5. The molecule has 82 valence electrons. The van der Waals surface area contributed by atoms with Gasteiger partial charge in [0.2, 0.25) is 0 Å². The Balaban J connectivity index is 2.79. The van der Waals surface area contributed by atoms with Gasteiger partial charge in [-0.2, -0.15) is 0 Å². The van der Waals surface area contributed by atoms with Gasteiger partial charge in [-0.25, -0.2) is 0 Å². The van der Waals surface area contributed by atoms with E-state index >= 15 is 0 Å². The van der Waals surface area contributed by atoms with Crippen LogP contribution in [0.2, 0.25) is 0 Å². The van der Waals surface area contributed by atoms with Crippen molar-refractivity contribution < 1.29 is 4.74 Å². The van der Waals surface area contributed by atoms with Crippen molar-refractivity contribution in [2.45, 2.75) is 38.2 Å². The molecule has 0 bridgehead atoms. The lowest BCUT2D eigenvalue weighted by molar-refractivity contribution is -0.00395. The Hall–Kier alpha value is -0.570. The minimum Gasteiger partial charge on any atom is -0.370 e. The van der Waals surface area contributed by atoms with Crippen LogP contribution in [0.3, 0.4) is 0 Å². The number of nitrogens with one attached hydrogen (secondary N) is 1. The second-order valence-electron chi connectivity index (χ2n) is 4.64. The molecule has 0 radical (unpaired) electrons. The maximum Gasteiger partial charge on any atom is 0.128 e. The number of hydrogen-bond acceptors (Lipinski definition) is 2. The molecule has 1 N–H and O–H groups in total. The zero-order chi connectivity index (χ0) is 10.8. The lowest BCUT2D eigenvalue weighted by atomic mass is 9.77. The molecule has 0 heterocycles. The summed E-state index contributed by atoms with van der Waals surface area (Å²) >= 11 is 0. The molecule has 3 heteroatoms. The summed E-state index contributed by atoms with van der Waals surface area (Å²) in [5.74, 6) is 1.29. The number of ether oxygens (including phenoxy) is 1. The average molecular weight is 198 g/mol. The van der Waals surface area contributed by atoms with Crippen molar-refractivity contribution in [3.05, 3.63) is 0 Å². The molecule has 0 aromatic carbocycles. The largest absolute Gasteiger partial charge is 0.370 e. The smallest absolute Gasteiger partial charge is 0.128 e. The fourth-order valence-electron chi connectivity index (χ4n) is 2.41. The Morgan fingerprint density at radius 1 is 1.50 bits per heavy atom. The highest BCUT2D eigenvalue weighted by Gasteiger charge is 2.40. The summed E-state index contributed by atoms with van der Waals surface area (Å²) in [6.07, 6.45) is 4.42. The van der Waals surface area contributed by atoms with E-state index in [1.165, 1.54) is 12.8 Å². The van der Waals surface area contributed by atoms with Gasteiger partial charge in [0.15, 0.2) is 0 Å². The van der Waals surface area contributed by atoms with E-state index in [2.05, 4.69) is 6.92 Å². The molecule has 0 aromatic heterocycles. The van der Waals surface area contributed by atoms with Gasteiger partial charge in [0.05, 0.1) is 0 Å². The van der Waals surface area contributed by atoms with Crippen molar-refractivity contribution in [1.29, 1.82) is 5.41 Å². The van der Waals surface area contributed by atoms with Gasteiger partial charge in [-0.1, -0.05) is 13.3 Å². The number of nitrogens with zero attached hydrogens (tertiary/aromatic N) is 1. The third kappa shape index (κ3) is 2.08. The summed E-state index contributed by atoms with van der Waals surface area (Å²) in [6.45, 7) is 2.25. The zero-order valence-electron chi connectivity index (χ0n) is 9.76. The van der Waals surface area contributed by atoms with Gasteiger partial charge in [0, 0.05) is 21.2 Å². The van der Waals surface area contributed by atoms with E-state index in [0.29, 0.717) is 11.8 Å². The minimum absolute atomic E-state index is 0.318. The second-order valence-corrected chi connectivity index (χ2v) is 4.64. The fourth-order valence-corrected chi connectivity index (χ4v) is 2.41. The highest BCUT2D eigenvalue weighted by molar-refractivity contribution is 5.87. The molecule has 1 aliphatic rings. The number of likely N-dealkylation sites (N-methyl/N-ethyl adjacent to an activating group) is 1. The molecule has 0 aromatic rings. The van der Waals surface area contributed by atoms with Gasteiger partial charge < -0.3 is 9.64 Å². The standard InChI is InChI=1S/C11H22N2O/c1-9-6-5-7-11(8-9,14-4)10(12)13(2)3/h9,12H,5-8H2,1-4H3. The van der Waals surface area contributed by atoms with Crippen LogP contribution in [-0.4, -0.2) is 37.5 Å². The van der Waals surface area contributed by atoms with E-state index in [9.17, 15) is 0 Å². The number of hydrogen-bond donors (Lipinski definition) is 1. The minimum atomic E-state index is -0.318. The third-order valence-electron chi connectivity index (χ3n) is 3.23. The van der Waals surface area contributed by atoms with Crippen LogP contribution >= 0.6 is 0 Å². The molecule has 1 aliphatic carbocycles. The van der Waals surface area contributed by atoms with Gasteiger partial charge in [0.25, 0.3) is 0 Å². The predicted octanol–water partition coefficient (Wildman–Crippen LogP) is 2.12. The van der Waals surface area contributed by atoms with Crippen molar-refractivity contribution in [3.8, 4) is 0 Å². The molecule has 0 amide bonds. The van der Waals surface area contributed by atoms with Crippen LogP contribution in [-0.2, 0) is 4.74 Å². The Morgan fingerprint density at radius 2 is 2.14 bits per heavy atom. The highest BCUT2D eigenvalue weighted by Crippen LogP contribution is 2.35. The van der Waals surface area contributed by atoms with Crippen LogP contribution in [0.15, 0.2) is 0 Å². The van der Waals surface area contributed by atoms with E-state index in [0.717, 1.165) is 12.8 Å². The van der Waals surface area contributed by atoms with Crippen molar-refractivity contribution >= 4 is 5.84 Å². The van der Waals surface area contributed by atoms with Crippen molar-refractivity contribution in [1.82, 2.24) is 4.90 Å². The Labute approximate surface area is 86.9 Å². The molecule has 0 saturated heterocycles. The fraction of sp³-hybridized carbons (Fsp3) is 0.909. The van der Waals surface area contributed by atoms with Crippen molar-refractivity contribution in [2.75, 3.05) is 21.2 Å². The van der Waals surface area contributed by atoms with Gasteiger partial charge >= 0.3 is 0 Å². The first kappa shape index (κ1) is 11.5. The van der Waals surface area contributed by atoms with Crippen molar-refractivity contribution in [2.24, 2.45) is 5.92 Å². The van der Waals surface area contributed by atoms with Crippen LogP contribution in [0.1, 0.15) is 32.6 Å². The summed E-state index contributed by atoms with van der Waals surface area (Å²) in [7, 11) is 5.57. The Morgan fingerprint density at radius 3 is 2.57 bits per heavy atom. The molecular weight excluding hydrogens is 176 g/mol. The summed E-state index contributed by atoms with van der Waals surface area (Å²) < 4.78 is 5.61. The summed E-state index contributed by atoms with van der Waals surface area (Å²) in [5.41, 5.74) is -0.318. The van der Waals surface area contributed by atoms with Gasteiger partial charge in [-0.3, -0.25) is 5.41 Å². The van der Waals surface area contributed by atoms with Gasteiger partial charge in [-0.15, -0.1) is 0 Å². The molecule has 0 aliphatic heterocycles. The molecule has 2 unspecified atom stereocenters. The van der Waals surface area contributed by atoms with Crippen LogP contribution < -0.4 is 0 Å². The first-order chi connectivity index (χ1) is 6.52. The maximum absolute atomic E-state index is 8.08. The normalized spacial score (nSPS) is 32.7. The van der Waals surface area contributed by atoms with E-state index in [1.807, 2.05) is 19.0 Å². The van der Waals surface area contributed by atoms with Crippen LogP contribution in [0.4, 0.5) is 0 Å². The maximum atomic E-state index is 8.08. The lowest BCUT2D eigenvalue weighted by Crippen LogP contribution is -2.49. The lowest BCUT2D eigenvalue weighted by Gasteiger charge is -2.41. The third-order valence-corrected chi connectivity index (χ3v) is 3.23. The topological polar surface area (TPSA) is 36.3 Å².